The molecule has 0 bridgehead atoms. The number of ether oxygens (including phenoxy) is 3. The van der Waals surface area contributed by atoms with Crippen molar-refractivity contribution < 1.29 is 19.0 Å². The number of fused-ring (bicyclic) bond motifs is 1. The molecule has 1 aliphatic heterocycles. The zero-order chi connectivity index (χ0) is 16.4. The second-order valence-corrected chi connectivity index (χ2v) is 5.04. The van der Waals surface area contributed by atoms with Crippen molar-refractivity contribution in [2.24, 2.45) is 0 Å². The van der Waals surface area contributed by atoms with Crippen LogP contribution in [0.5, 0.6) is 17.2 Å². The van der Waals surface area contributed by atoms with Crippen LogP contribution in [0.15, 0.2) is 24.7 Å². The molecule has 120 valence electrons. The zero-order valence-electron chi connectivity index (χ0n) is 13.2. The summed E-state index contributed by atoms with van der Waals surface area (Å²) in [5, 5.41) is 0. The van der Waals surface area contributed by atoms with E-state index in [1.807, 2.05) is 0 Å². The van der Waals surface area contributed by atoms with E-state index in [0.717, 1.165) is 11.3 Å². The van der Waals surface area contributed by atoms with Gasteiger partial charge in [-0.25, -0.2) is 9.97 Å². The summed E-state index contributed by atoms with van der Waals surface area (Å²) in [4.78, 5) is 22.8. The van der Waals surface area contributed by atoms with E-state index in [-0.39, 0.29) is 5.91 Å². The number of nitrogens with zero attached hydrogens (tertiary/aromatic N) is 3. The van der Waals surface area contributed by atoms with Gasteiger partial charge in [-0.05, 0) is 12.1 Å². The van der Waals surface area contributed by atoms with Gasteiger partial charge in [-0.2, -0.15) is 0 Å². The maximum absolute atomic E-state index is 12.9. The van der Waals surface area contributed by atoms with Crippen molar-refractivity contribution in [1.82, 2.24) is 14.9 Å². The van der Waals surface area contributed by atoms with Gasteiger partial charge in [-0.3, -0.25) is 4.79 Å². The molecular formula is C16H17N3O4. The van der Waals surface area contributed by atoms with Gasteiger partial charge in [0.25, 0.3) is 5.91 Å². The summed E-state index contributed by atoms with van der Waals surface area (Å²) in [7, 11) is 4.54. The van der Waals surface area contributed by atoms with Crippen LogP contribution in [0, 0.1) is 0 Å². The molecule has 3 rings (SSSR count). The standard InChI is InChI=1S/C16H17N3O4/c1-21-13-5-4-11(14(22-2)15(13)23-3)16(20)19-7-10-6-17-9-18-12(10)8-19/h4-6,9H,7-8H2,1-3H3. The largest absolute Gasteiger partial charge is 0.493 e. The number of benzene rings is 1. The monoisotopic (exact) mass is 315 g/mol. The van der Waals surface area contributed by atoms with Crippen LogP contribution in [-0.2, 0) is 13.1 Å². The van der Waals surface area contributed by atoms with E-state index in [0.29, 0.717) is 35.9 Å². The fourth-order valence-electron chi connectivity index (χ4n) is 2.68. The molecule has 1 aromatic carbocycles. The molecule has 7 nitrogen and oxygen atoms in total. The number of hydrogen-bond acceptors (Lipinski definition) is 6. The molecule has 1 amide bonds. The van der Waals surface area contributed by atoms with E-state index in [4.69, 9.17) is 14.2 Å². The van der Waals surface area contributed by atoms with E-state index in [9.17, 15) is 4.79 Å². The summed E-state index contributed by atoms with van der Waals surface area (Å²) >= 11 is 0. The Hall–Kier alpha value is -2.83. The minimum Gasteiger partial charge on any atom is -0.493 e. The highest BCUT2D eigenvalue weighted by atomic mass is 16.5. The van der Waals surface area contributed by atoms with Crippen molar-refractivity contribution in [3.8, 4) is 17.2 Å². The third-order valence-electron chi connectivity index (χ3n) is 3.80. The van der Waals surface area contributed by atoms with Gasteiger partial charge in [-0.1, -0.05) is 0 Å². The van der Waals surface area contributed by atoms with Crippen molar-refractivity contribution in [2.75, 3.05) is 21.3 Å². The van der Waals surface area contributed by atoms with E-state index >= 15 is 0 Å². The molecule has 1 aromatic heterocycles. The Labute approximate surface area is 133 Å². The van der Waals surface area contributed by atoms with Crippen LogP contribution in [0.3, 0.4) is 0 Å². The van der Waals surface area contributed by atoms with Gasteiger partial charge in [0.2, 0.25) is 5.75 Å². The molecule has 0 spiro atoms. The summed E-state index contributed by atoms with van der Waals surface area (Å²) in [5.41, 5.74) is 2.25. The van der Waals surface area contributed by atoms with Crippen molar-refractivity contribution >= 4 is 5.91 Å². The molecule has 23 heavy (non-hydrogen) atoms. The van der Waals surface area contributed by atoms with Crippen molar-refractivity contribution in [3.63, 3.8) is 0 Å². The van der Waals surface area contributed by atoms with Crippen LogP contribution < -0.4 is 14.2 Å². The number of methoxy groups -OCH3 is 3. The highest BCUT2D eigenvalue weighted by Crippen LogP contribution is 2.40. The van der Waals surface area contributed by atoms with Crippen LogP contribution in [0.4, 0.5) is 0 Å². The summed E-state index contributed by atoms with van der Waals surface area (Å²) in [6, 6.07) is 3.37. The minimum atomic E-state index is -0.152. The summed E-state index contributed by atoms with van der Waals surface area (Å²) in [6.45, 7) is 0.931. The Kier molecular flexibility index (Phi) is 4.01. The van der Waals surface area contributed by atoms with Crippen LogP contribution in [0.1, 0.15) is 21.6 Å². The van der Waals surface area contributed by atoms with Crippen molar-refractivity contribution in [2.45, 2.75) is 13.1 Å². The predicted octanol–water partition coefficient (Wildman–Crippen LogP) is 1.66. The molecule has 0 radical (unpaired) electrons. The average molecular weight is 315 g/mol. The fourth-order valence-corrected chi connectivity index (χ4v) is 2.68. The Bertz CT molecular complexity index is 723. The first kappa shape index (κ1) is 15.1. The average Bonchev–Trinajstić information content (AvgIpc) is 3.03. The first-order chi connectivity index (χ1) is 11.2. The lowest BCUT2D eigenvalue weighted by molar-refractivity contribution is 0.0746. The van der Waals surface area contributed by atoms with Gasteiger partial charge in [0, 0.05) is 18.3 Å². The van der Waals surface area contributed by atoms with Crippen LogP contribution in [0.2, 0.25) is 0 Å². The Balaban J connectivity index is 1.95. The molecular weight excluding hydrogens is 298 g/mol. The number of carbonyl (C=O) groups is 1. The number of rotatable bonds is 4. The van der Waals surface area contributed by atoms with Gasteiger partial charge in [-0.15, -0.1) is 0 Å². The van der Waals surface area contributed by atoms with Gasteiger partial charge >= 0.3 is 0 Å². The number of carbonyl (C=O) groups excluding carboxylic acids is 1. The topological polar surface area (TPSA) is 73.8 Å². The van der Waals surface area contributed by atoms with Gasteiger partial charge in [0.05, 0.1) is 39.1 Å². The molecule has 2 heterocycles. The molecule has 0 fully saturated rings. The maximum Gasteiger partial charge on any atom is 0.258 e. The van der Waals surface area contributed by atoms with E-state index in [2.05, 4.69) is 9.97 Å². The maximum atomic E-state index is 12.9. The number of amides is 1. The Morgan fingerprint density at radius 2 is 1.87 bits per heavy atom. The van der Waals surface area contributed by atoms with Crippen molar-refractivity contribution in [1.29, 1.82) is 0 Å². The zero-order valence-corrected chi connectivity index (χ0v) is 13.2. The SMILES string of the molecule is COc1ccc(C(=O)N2Cc3cncnc3C2)c(OC)c1OC. The third-order valence-corrected chi connectivity index (χ3v) is 3.80. The molecule has 0 unspecified atom stereocenters. The van der Waals surface area contributed by atoms with E-state index in [1.165, 1.54) is 27.7 Å². The summed E-state index contributed by atoms with van der Waals surface area (Å²) in [6.07, 6.45) is 3.23. The predicted molar refractivity (Wildman–Crippen MR) is 81.7 cm³/mol. The summed E-state index contributed by atoms with van der Waals surface area (Å²) < 4.78 is 16.0. The lowest BCUT2D eigenvalue weighted by Crippen LogP contribution is -2.26. The van der Waals surface area contributed by atoms with E-state index in [1.54, 1.807) is 23.2 Å². The molecule has 0 saturated carbocycles. The lowest BCUT2D eigenvalue weighted by Gasteiger charge is -2.19. The Morgan fingerprint density at radius 1 is 1.09 bits per heavy atom. The van der Waals surface area contributed by atoms with Crippen LogP contribution >= 0.6 is 0 Å². The normalized spacial score (nSPS) is 12.7. The first-order valence-electron chi connectivity index (χ1n) is 7.05. The fraction of sp³-hybridized carbons (Fsp3) is 0.312. The molecule has 0 N–H and O–H groups in total. The highest BCUT2D eigenvalue weighted by Gasteiger charge is 2.29. The first-order valence-corrected chi connectivity index (χ1v) is 7.05. The molecule has 1 aliphatic rings. The highest BCUT2D eigenvalue weighted by molar-refractivity contribution is 5.98. The molecule has 0 aliphatic carbocycles. The van der Waals surface area contributed by atoms with Crippen molar-refractivity contribution in [3.05, 3.63) is 41.5 Å². The lowest BCUT2D eigenvalue weighted by atomic mass is 10.1. The second-order valence-electron chi connectivity index (χ2n) is 5.04. The smallest absolute Gasteiger partial charge is 0.258 e. The van der Waals surface area contributed by atoms with Crippen LogP contribution in [0.25, 0.3) is 0 Å². The molecule has 2 aromatic rings. The summed E-state index contributed by atoms with van der Waals surface area (Å²) in [5.74, 6) is 1.12. The van der Waals surface area contributed by atoms with Gasteiger partial charge in [0.1, 0.15) is 6.33 Å². The number of aromatic nitrogens is 2. The molecule has 0 saturated heterocycles. The Morgan fingerprint density at radius 3 is 2.52 bits per heavy atom. The second kappa shape index (κ2) is 6.12. The van der Waals surface area contributed by atoms with Gasteiger partial charge in [0.15, 0.2) is 11.5 Å². The van der Waals surface area contributed by atoms with Gasteiger partial charge < -0.3 is 19.1 Å². The molecule has 0 atom stereocenters. The van der Waals surface area contributed by atoms with E-state index < -0.39 is 0 Å². The molecule has 7 heteroatoms. The quantitative estimate of drug-likeness (QED) is 0.854. The minimum absolute atomic E-state index is 0.152. The van der Waals surface area contributed by atoms with Crippen LogP contribution in [-0.4, -0.2) is 42.1 Å². The number of hydrogen-bond donors (Lipinski definition) is 0. The third kappa shape index (κ3) is 2.54.